The normalized spacial score (nSPS) is 31.2. The number of hydrogen-bond donors (Lipinski definition) is 1. The Kier molecular flexibility index (Phi) is 3.45. The van der Waals surface area contributed by atoms with Crippen molar-refractivity contribution in [2.75, 3.05) is 19.6 Å². The van der Waals surface area contributed by atoms with Gasteiger partial charge in [-0.2, -0.15) is 0 Å². The lowest BCUT2D eigenvalue weighted by molar-refractivity contribution is -0.132. The van der Waals surface area contributed by atoms with E-state index in [1.165, 1.54) is 25.7 Å². The molecule has 0 bridgehead atoms. The summed E-state index contributed by atoms with van der Waals surface area (Å²) < 4.78 is 0. The van der Waals surface area contributed by atoms with Crippen LogP contribution in [0, 0.1) is 5.41 Å². The van der Waals surface area contributed by atoms with Gasteiger partial charge in [0.2, 0.25) is 5.91 Å². The summed E-state index contributed by atoms with van der Waals surface area (Å²) in [6, 6.07) is 0.139. The molecule has 2 aliphatic heterocycles. The minimum Gasteiger partial charge on any atom is -0.341 e. The highest BCUT2D eigenvalue weighted by molar-refractivity contribution is 5.85. The molecular formula is C12H21ClN2O. The summed E-state index contributed by atoms with van der Waals surface area (Å²) in [5.41, 5.74) is 0.550. The second-order valence-electron chi connectivity index (χ2n) is 5.51. The van der Waals surface area contributed by atoms with Crippen molar-refractivity contribution in [3.63, 3.8) is 0 Å². The largest absolute Gasteiger partial charge is 0.341 e. The highest BCUT2D eigenvalue weighted by Gasteiger charge is 2.45. The first kappa shape index (κ1) is 12.2. The van der Waals surface area contributed by atoms with Crippen LogP contribution >= 0.6 is 12.4 Å². The molecule has 2 saturated heterocycles. The van der Waals surface area contributed by atoms with Gasteiger partial charge in [0.1, 0.15) is 0 Å². The van der Waals surface area contributed by atoms with Crippen LogP contribution in [-0.4, -0.2) is 36.5 Å². The van der Waals surface area contributed by atoms with Crippen molar-refractivity contribution in [3.8, 4) is 0 Å². The van der Waals surface area contributed by atoms with Gasteiger partial charge in [-0.1, -0.05) is 6.42 Å². The maximum absolute atomic E-state index is 12.1. The number of carbonyl (C=O) groups excluding carboxylic acids is 1. The molecule has 3 rings (SSSR count). The van der Waals surface area contributed by atoms with Crippen LogP contribution in [0.3, 0.4) is 0 Å². The Labute approximate surface area is 103 Å². The van der Waals surface area contributed by atoms with Crippen LogP contribution in [-0.2, 0) is 4.79 Å². The van der Waals surface area contributed by atoms with Crippen LogP contribution in [0.15, 0.2) is 0 Å². The summed E-state index contributed by atoms with van der Waals surface area (Å²) in [5.74, 6) is 0.372. The van der Waals surface area contributed by atoms with Gasteiger partial charge in [0, 0.05) is 13.1 Å². The van der Waals surface area contributed by atoms with Crippen LogP contribution in [0.5, 0.6) is 0 Å². The number of amides is 1. The number of carbonyl (C=O) groups is 1. The van der Waals surface area contributed by atoms with E-state index in [4.69, 9.17) is 0 Å². The van der Waals surface area contributed by atoms with E-state index in [0.717, 1.165) is 32.5 Å². The molecule has 3 aliphatic rings. The van der Waals surface area contributed by atoms with Crippen molar-refractivity contribution >= 4 is 18.3 Å². The lowest BCUT2D eigenvalue weighted by Gasteiger charge is -2.38. The molecule has 1 amide bonds. The molecule has 1 saturated carbocycles. The molecule has 0 aromatic heterocycles. The fraction of sp³-hybridized carbons (Fsp3) is 0.917. The second-order valence-corrected chi connectivity index (χ2v) is 5.51. The number of rotatable bonds is 1. The molecule has 3 fully saturated rings. The molecule has 0 radical (unpaired) electrons. The highest BCUT2D eigenvalue weighted by atomic mass is 35.5. The summed E-state index contributed by atoms with van der Waals surface area (Å²) in [6.07, 6.45) is 7.55. The zero-order chi connectivity index (χ0) is 10.3. The Morgan fingerprint density at radius 3 is 2.56 bits per heavy atom. The predicted octanol–water partition coefficient (Wildman–Crippen LogP) is 1.56. The second kappa shape index (κ2) is 4.53. The molecular weight excluding hydrogens is 224 g/mol. The maximum atomic E-state index is 12.1. The number of nitrogens with one attached hydrogen (secondary N) is 1. The first-order chi connectivity index (χ1) is 7.29. The SMILES string of the molecule is Cl.O=C([C@@H]1CCCN1)N1CCC2(CCC2)C1. The number of halogens is 1. The van der Waals surface area contributed by atoms with Crippen molar-refractivity contribution in [1.82, 2.24) is 10.2 Å². The van der Waals surface area contributed by atoms with Crippen molar-refractivity contribution < 1.29 is 4.79 Å². The molecule has 0 aromatic carbocycles. The summed E-state index contributed by atoms with van der Waals surface area (Å²) in [5, 5.41) is 3.31. The number of nitrogens with zero attached hydrogens (tertiary/aromatic N) is 1. The summed E-state index contributed by atoms with van der Waals surface area (Å²) in [7, 11) is 0. The molecule has 1 spiro atoms. The fourth-order valence-electron chi connectivity index (χ4n) is 3.32. The van der Waals surface area contributed by atoms with Crippen LogP contribution < -0.4 is 5.32 Å². The molecule has 1 aliphatic carbocycles. The van der Waals surface area contributed by atoms with Gasteiger partial charge in [-0.05, 0) is 44.1 Å². The van der Waals surface area contributed by atoms with Crippen molar-refractivity contribution in [1.29, 1.82) is 0 Å². The van der Waals surface area contributed by atoms with Gasteiger partial charge >= 0.3 is 0 Å². The van der Waals surface area contributed by atoms with Gasteiger partial charge in [0.05, 0.1) is 6.04 Å². The van der Waals surface area contributed by atoms with Crippen molar-refractivity contribution in [2.24, 2.45) is 5.41 Å². The van der Waals surface area contributed by atoms with E-state index in [1.54, 1.807) is 0 Å². The topological polar surface area (TPSA) is 32.3 Å². The number of hydrogen-bond acceptors (Lipinski definition) is 2. The molecule has 3 nitrogen and oxygen atoms in total. The summed E-state index contributed by atoms with van der Waals surface area (Å²) in [4.78, 5) is 14.3. The van der Waals surface area contributed by atoms with Crippen LogP contribution in [0.2, 0.25) is 0 Å². The molecule has 92 valence electrons. The van der Waals surface area contributed by atoms with Crippen LogP contribution in [0.1, 0.15) is 38.5 Å². The van der Waals surface area contributed by atoms with Crippen molar-refractivity contribution in [2.45, 2.75) is 44.6 Å². The van der Waals surface area contributed by atoms with Gasteiger partial charge in [0.15, 0.2) is 0 Å². The van der Waals surface area contributed by atoms with E-state index in [-0.39, 0.29) is 18.4 Å². The monoisotopic (exact) mass is 244 g/mol. The molecule has 1 N–H and O–H groups in total. The third-order valence-corrected chi connectivity index (χ3v) is 4.52. The Hall–Kier alpha value is -0.280. The molecule has 2 heterocycles. The van der Waals surface area contributed by atoms with E-state index in [9.17, 15) is 4.79 Å². The predicted molar refractivity (Wildman–Crippen MR) is 65.8 cm³/mol. The highest BCUT2D eigenvalue weighted by Crippen LogP contribution is 2.48. The summed E-state index contributed by atoms with van der Waals surface area (Å²) >= 11 is 0. The third kappa shape index (κ3) is 1.95. The van der Waals surface area contributed by atoms with E-state index >= 15 is 0 Å². The number of likely N-dealkylation sites (tertiary alicyclic amines) is 1. The first-order valence-electron chi connectivity index (χ1n) is 6.31. The molecule has 1 atom stereocenters. The van der Waals surface area contributed by atoms with Crippen LogP contribution in [0.4, 0.5) is 0 Å². The summed E-state index contributed by atoms with van der Waals surface area (Å²) in [6.45, 7) is 3.08. The van der Waals surface area contributed by atoms with E-state index in [0.29, 0.717) is 11.3 Å². The smallest absolute Gasteiger partial charge is 0.239 e. The van der Waals surface area contributed by atoms with E-state index < -0.39 is 0 Å². The van der Waals surface area contributed by atoms with Gasteiger partial charge in [-0.3, -0.25) is 4.79 Å². The average Bonchev–Trinajstić information content (AvgIpc) is 2.85. The van der Waals surface area contributed by atoms with Crippen molar-refractivity contribution in [3.05, 3.63) is 0 Å². The Balaban J connectivity index is 0.000000963. The molecule has 16 heavy (non-hydrogen) atoms. The zero-order valence-electron chi connectivity index (χ0n) is 9.71. The minimum atomic E-state index is 0. The Bertz CT molecular complexity index is 272. The van der Waals surface area contributed by atoms with Gasteiger partial charge < -0.3 is 10.2 Å². The first-order valence-corrected chi connectivity index (χ1v) is 6.31. The lowest BCUT2D eigenvalue weighted by atomic mass is 9.68. The van der Waals surface area contributed by atoms with Crippen LogP contribution in [0.25, 0.3) is 0 Å². The standard InChI is InChI=1S/C12H20N2O.ClH/c15-11(10-3-1-7-13-10)14-8-6-12(9-14)4-2-5-12;/h10,13H,1-9H2;1H/t10-;/m0./s1. The Morgan fingerprint density at radius 2 is 2.06 bits per heavy atom. The molecule has 0 unspecified atom stereocenters. The van der Waals surface area contributed by atoms with Gasteiger partial charge in [0.25, 0.3) is 0 Å². The molecule has 0 aromatic rings. The van der Waals surface area contributed by atoms with Gasteiger partial charge in [-0.25, -0.2) is 0 Å². The average molecular weight is 245 g/mol. The van der Waals surface area contributed by atoms with Gasteiger partial charge in [-0.15, -0.1) is 12.4 Å². The zero-order valence-corrected chi connectivity index (χ0v) is 10.5. The quantitative estimate of drug-likeness (QED) is 0.760. The lowest BCUT2D eigenvalue weighted by Crippen LogP contribution is -2.44. The fourth-order valence-corrected chi connectivity index (χ4v) is 3.32. The minimum absolute atomic E-state index is 0. The Morgan fingerprint density at radius 1 is 1.25 bits per heavy atom. The molecule has 4 heteroatoms. The van der Waals surface area contributed by atoms with E-state index in [1.807, 2.05) is 0 Å². The van der Waals surface area contributed by atoms with E-state index in [2.05, 4.69) is 10.2 Å². The maximum Gasteiger partial charge on any atom is 0.239 e. The third-order valence-electron chi connectivity index (χ3n) is 4.52.